The lowest BCUT2D eigenvalue weighted by atomic mass is 10.2. The molecule has 2 rings (SSSR count). The zero-order valence-electron chi connectivity index (χ0n) is 12.7. The average molecular weight is 303 g/mol. The Hall–Kier alpha value is -1.75. The standard InChI is InChI=1S/C16H21N3OS/c1-4-19(10-7-13-5-8-17-9-6-13)16(20)14-11-21-15(18-14)12(2)3/h5-6,8-9,11-12H,4,7,10H2,1-3H3. The number of rotatable bonds is 6. The van der Waals surface area contributed by atoms with Gasteiger partial charge in [0.2, 0.25) is 0 Å². The highest BCUT2D eigenvalue weighted by Gasteiger charge is 2.18. The SMILES string of the molecule is CCN(CCc1ccncc1)C(=O)c1csc(C(C)C)n1. The molecule has 0 atom stereocenters. The molecule has 0 unspecified atom stereocenters. The van der Waals surface area contributed by atoms with Crippen molar-refractivity contribution in [3.8, 4) is 0 Å². The van der Waals surface area contributed by atoms with Crippen LogP contribution in [0.4, 0.5) is 0 Å². The number of thiazole rings is 1. The molecule has 0 saturated heterocycles. The Labute approximate surface area is 129 Å². The van der Waals surface area contributed by atoms with Gasteiger partial charge in [-0.15, -0.1) is 11.3 Å². The Balaban J connectivity index is 2.00. The molecule has 21 heavy (non-hydrogen) atoms. The van der Waals surface area contributed by atoms with Gasteiger partial charge < -0.3 is 4.90 Å². The van der Waals surface area contributed by atoms with Crippen molar-refractivity contribution < 1.29 is 4.79 Å². The molecule has 0 saturated carbocycles. The molecule has 112 valence electrons. The minimum atomic E-state index is 0.0229. The van der Waals surface area contributed by atoms with Crippen molar-refractivity contribution >= 4 is 17.2 Å². The highest BCUT2D eigenvalue weighted by molar-refractivity contribution is 7.09. The van der Waals surface area contributed by atoms with Crippen LogP contribution in [0.1, 0.15) is 47.7 Å². The molecule has 1 amide bonds. The summed E-state index contributed by atoms with van der Waals surface area (Å²) in [4.78, 5) is 22.8. The van der Waals surface area contributed by atoms with E-state index in [0.29, 0.717) is 24.7 Å². The average Bonchev–Trinajstić information content (AvgIpc) is 2.99. The van der Waals surface area contributed by atoms with Crippen LogP contribution in [0.15, 0.2) is 29.9 Å². The third-order valence-corrected chi connectivity index (χ3v) is 4.47. The Morgan fingerprint density at radius 1 is 1.33 bits per heavy atom. The Kier molecular flexibility index (Phi) is 5.44. The highest BCUT2D eigenvalue weighted by atomic mass is 32.1. The van der Waals surface area contributed by atoms with E-state index < -0.39 is 0 Å². The van der Waals surface area contributed by atoms with Gasteiger partial charge in [0, 0.05) is 36.8 Å². The van der Waals surface area contributed by atoms with E-state index in [-0.39, 0.29) is 5.91 Å². The van der Waals surface area contributed by atoms with Gasteiger partial charge in [-0.3, -0.25) is 9.78 Å². The molecule has 0 bridgehead atoms. The predicted molar refractivity (Wildman–Crippen MR) is 85.7 cm³/mol. The lowest BCUT2D eigenvalue weighted by Crippen LogP contribution is -2.33. The number of hydrogen-bond donors (Lipinski definition) is 0. The molecular weight excluding hydrogens is 282 g/mol. The number of carbonyl (C=O) groups is 1. The van der Waals surface area contributed by atoms with E-state index in [1.54, 1.807) is 23.7 Å². The smallest absolute Gasteiger partial charge is 0.273 e. The van der Waals surface area contributed by atoms with E-state index in [1.165, 1.54) is 5.56 Å². The quantitative estimate of drug-likeness (QED) is 0.822. The van der Waals surface area contributed by atoms with Gasteiger partial charge in [-0.25, -0.2) is 4.98 Å². The number of amides is 1. The summed E-state index contributed by atoms with van der Waals surface area (Å²) in [6, 6.07) is 3.97. The molecular formula is C16H21N3OS. The first-order chi connectivity index (χ1) is 10.1. The van der Waals surface area contributed by atoms with Crippen LogP contribution in [0.3, 0.4) is 0 Å². The molecule has 2 heterocycles. The molecule has 4 nitrogen and oxygen atoms in total. The summed E-state index contributed by atoms with van der Waals surface area (Å²) in [5.74, 6) is 0.387. The first-order valence-electron chi connectivity index (χ1n) is 7.25. The molecule has 0 aromatic carbocycles. The molecule has 2 aromatic rings. The summed E-state index contributed by atoms with van der Waals surface area (Å²) in [6.45, 7) is 7.58. The Morgan fingerprint density at radius 3 is 2.62 bits per heavy atom. The predicted octanol–water partition coefficient (Wildman–Crippen LogP) is 3.37. The lowest BCUT2D eigenvalue weighted by molar-refractivity contribution is 0.0761. The van der Waals surface area contributed by atoms with Crippen molar-refractivity contribution in [3.05, 3.63) is 46.2 Å². The van der Waals surface area contributed by atoms with Gasteiger partial charge in [0.25, 0.3) is 5.91 Å². The monoisotopic (exact) mass is 303 g/mol. The fourth-order valence-electron chi connectivity index (χ4n) is 2.03. The molecule has 0 aliphatic carbocycles. The van der Waals surface area contributed by atoms with Crippen LogP contribution in [0.5, 0.6) is 0 Å². The number of carbonyl (C=O) groups excluding carboxylic acids is 1. The first kappa shape index (κ1) is 15.6. The van der Waals surface area contributed by atoms with Gasteiger partial charge >= 0.3 is 0 Å². The van der Waals surface area contributed by atoms with E-state index >= 15 is 0 Å². The molecule has 5 heteroatoms. The van der Waals surface area contributed by atoms with Gasteiger partial charge in [0.05, 0.1) is 5.01 Å². The zero-order chi connectivity index (χ0) is 15.2. The maximum absolute atomic E-state index is 12.5. The van der Waals surface area contributed by atoms with Crippen molar-refractivity contribution in [1.82, 2.24) is 14.9 Å². The van der Waals surface area contributed by atoms with Gasteiger partial charge in [0.15, 0.2) is 0 Å². The summed E-state index contributed by atoms with van der Waals surface area (Å²) in [7, 11) is 0. The third-order valence-electron chi connectivity index (χ3n) is 3.32. The van der Waals surface area contributed by atoms with E-state index in [1.807, 2.05) is 29.3 Å². The topological polar surface area (TPSA) is 46.1 Å². The van der Waals surface area contributed by atoms with Crippen LogP contribution < -0.4 is 0 Å². The third kappa shape index (κ3) is 4.11. The Bertz CT molecular complexity index is 580. The molecule has 2 aromatic heterocycles. The fraction of sp³-hybridized carbons (Fsp3) is 0.438. The second-order valence-electron chi connectivity index (χ2n) is 5.22. The minimum absolute atomic E-state index is 0.0229. The molecule has 0 spiro atoms. The number of pyridine rings is 1. The summed E-state index contributed by atoms with van der Waals surface area (Å²) in [6.07, 6.45) is 4.40. The molecule has 0 fully saturated rings. The van der Waals surface area contributed by atoms with Gasteiger partial charge in [0.1, 0.15) is 5.69 Å². The van der Waals surface area contributed by atoms with Crippen molar-refractivity contribution in [2.75, 3.05) is 13.1 Å². The van der Waals surface area contributed by atoms with Gasteiger partial charge in [-0.2, -0.15) is 0 Å². The van der Waals surface area contributed by atoms with Crippen LogP contribution in [0, 0.1) is 0 Å². The van der Waals surface area contributed by atoms with Crippen molar-refractivity contribution in [3.63, 3.8) is 0 Å². The summed E-state index contributed by atoms with van der Waals surface area (Å²) >= 11 is 1.56. The Morgan fingerprint density at radius 2 is 2.05 bits per heavy atom. The van der Waals surface area contributed by atoms with Gasteiger partial charge in [-0.05, 0) is 31.0 Å². The summed E-state index contributed by atoms with van der Waals surface area (Å²) in [5.41, 5.74) is 1.76. The van der Waals surface area contributed by atoms with Crippen LogP contribution in [0.25, 0.3) is 0 Å². The highest BCUT2D eigenvalue weighted by Crippen LogP contribution is 2.20. The lowest BCUT2D eigenvalue weighted by Gasteiger charge is -2.19. The van der Waals surface area contributed by atoms with E-state index in [4.69, 9.17) is 0 Å². The van der Waals surface area contributed by atoms with Crippen molar-refractivity contribution in [2.24, 2.45) is 0 Å². The molecule has 0 N–H and O–H groups in total. The largest absolute Gasteiger partial charge is 0.337 e. The second kappa shape index (κ2) is 7.31. The van der Waals surface area contributed by atoms with Crippen LogP contribution in [-0.2, 0) is 6.42 Å². The number of hydrogen-bond acceptors (Lipinski definition) is 4. The maximum atomic E-state index is 12.5. The fourth-order valence-corrected chi connectivity index (χ4v) is 2.84. The van der Waals surface area contributed by atoms with Crippen LogP contribution in [0.2, 0.25) is 0 Å². The van der Waals surface area contributed by atoms with Crippen molar-refractivity contribution in [1.29, 1.82) is 0 Å². The number of nitrogens with zero attached hydrogens (tertiary/aromatic N) is 3. The molecule has 0 radical (unpaired) electrons. The second-order valence-corrected chi connectivity index (χ2v) is 6.11. The van der Waals surface area contributed by atoms with Crippen molar-refractivity contribution in [2.45, 2.75) is 33.1 Å². The maximum Gasteiger partial charge on any atom is 0.273 e. The van der Waals surface area contributed by atoms with Crippen LogP contribution >= 0.6 is 11.3 Å². The first-order valence-corrected chi connectivity index (χ1v) is 8.13. The van der Waals surface area contributed by atoms with Crippen LogP contribution in [-0.4, -0.2) is 33.9 Å². The number of likely N-dealkylation sites (N-methyl/N-ethyl adjacent to an activating group) is 1. The minimum Gasteiger partial charge on any atom is -0.337 e. The zero-order valence-corrected chi connectivity index (χ0v) is 13.6. The van der Waals surface area contributed by atoms with Gasteiger partial charge in [-0.1, -0.05) is 13.8 Å². The van der Waals surface area contributed by atoms with E-state index in [0.717, 1.165) is 11.4 Å². The summed E-state index contributed by atoms with van der Waals surface area (Å²) in [5, 5.41) is 2.88. The van der Waals surface area contributed by atoms with E-state index in [9.17, 15) is 4.79 Å². The summed E-state index contributed by atoms with van der Waals surface area (Å²) < 4.78 is 0. The molecule has 0 aliphatic heterocycles. The van der Waals surface area contributed by atoms with E-state index in [2.05, 4.69) is 23.8 Å². The molecule has 0 aliphatic rings. The normalized spacial score (nSPS) is 10.9. The number of aromatic nitrogens is 2.